The predicted molar refractivity (Wildman–Crippen MR) is 129 cm³/mol. The van der Waals surface area contributed by atoms with Gasteiger partial charge in [0.25, 0.3) is 0 Å². The number of amides is 2. The van der Waals surface area contributed by atoms with Crippen LogP contribution in [0.15, 0.2) is 58.6 Å². The summed E-state index contributed by atoms with van der Waals surface area (Å²) in [5.41, 5.74) is -1.51. The highest BCUT2D eigenvalue weighted by atomic mass is 32.2. The number of rotatable bonds is 4. The normalized spacial score (nSPS) is 12.0. The van der Waals surface area contributed by atoms with Gasteiger partial charge in [0, 0.05) is 11.9 Å². The molecule has 0 bridgehead atoms. The van der Waals surface area contributed by atoms with Crippen molar-refractivity contribution in [1.82, 2.24) is 14.5 Å². The Morgan fingerprint density at radius 2 is 1.52 bits per heavy atom. The molecule has 33 heavy (non-hydrogen) atoms. The molecule has 0 aliphatic rings. The fourth-order valence-electron chi connectivity index (χ4n) is 3.00. The Bertz CT molecular complexity index is 1130. The highest BCUT2D eigenvalue weighted by molar-refractivity contribution is 7.99. The number of hydrogen-bond donors (Lipinski definition) is 0. The first-order chi connectivity index (χ1) is 15.3. The number of aromatic nitrogens is 2. The predicted octanol–water partition coefficient (Wildman–Crippen LogP) is 6.40. The van der Waals surface area contributed by atoms with Crippen molar-refractivity contribution in [3.63, 3.8) is 0 Å². The fraction of sp³-hybridized carbons (Fsp3) is 0.400. The van der Waals surface area contributed by atoms with E-state index in [1.807, 2.05) is 23.7 Å². The third-order valence-electron chi connectivity index (χ3n) is 4.51. The molecule has 0 radical (unpaired) electrons. The van der Waals surface area contributed by atoms with E-state index in [2.05, 4.69) is 35.3 Å². The van der Waals surface area contributed by atoms with Gasteiger partial charge in [0.05, 0.1) is 17.8 Å². The fourth-order valence-corrected chi connectivity index (χ4v) is 3.91. The summed E-state index contributed by atoms with van der Waals surface area (Å²) in [4.78, 5) is 32.0. The van der Waals surface area contributed by atoms with Crippen LogP contribution in [0.4, 0.5) is 9.59 Å². The molecule has 0 unspecified atom stereocenters. The summed E-state index contributed by atoms with van der Waals surface area (Å²) in [6, 6.07) is 14.5. The number of fused-ring (bicyclic) bond motifs is 1. The Labute approximate surface area is 199 Å². The van der Waals surface area contributed by atoms with Crippen LogP contribution in [0.5, 0.6) is 0 Å². The third kappa shape index (κ3) is 6.74. The molecule has 3 aromatic rings. The van der Waals surface area contributed by atoms with E-state index >= 15 is 0 Å². The first-order valence-electron chi connectivity index (χ1n) is 10.7. The summed E-state index contributed by atoms with van der Waals surface area (Å²) in [7, 11) is 1.86. The minimum absolute atomic E-state index is 0.0708. The first kappa shape index (κ1) is 24.6. The van der Waals surface area contributed by atoms with Crippen LogP contribution in [0.25, 0.3) is 10.8 Å². The van der Waals surface area contributed by atoms with Gasteiger partial charge in [-0.15, -0.1) is 0 Å². The topological polar surface area (TPSA) is 73.7 Å². The van der Waals surface area contributed by atoms with Crippen molar-refractivity contribution < 1.29 is 19.1 Å². The molecule has 0 saturated heterocycles. The molecular weight excluding hydrogens is 438 g/mol. The molecular formula is C25H31N3O4S. The van der Waals surface area contributed by atoms with Crippen molar-refractivity contribution in [2.24, 2.45) is 7.05 Å². The second-order valence-corrected chi connectivity index (χ2v) is 10.8. The van der Waals surface area contributed by atoms with Crippen molar-refractivity contribution in [2.45, 2.75) is 69.2 Å². The molecule has 0 spiro atoms. The molecule has 7 nitrogen and oxygen atoms in total. The smallest absolute Gasteiger partial charge is 0.420 e. The van der Waals surface area contributed by atoms with Crippen LogP contribution in [-0.4, -0.2) is 37.8 Å². The van der Waals surface area contributed by atoms with E-state index in [0.29, 0.717) is 5.82 Å². The van der Waals surface area contributed by atoms with Crippen molar-refractivity contribution in [3.05, 3.63) is 54.5 Å². The molecule has 0 aliphatic carbocycles. The molecule has 0 atom stereocenters. The molecule has 1 aromatic heterocycles. The van der Waals surface area contributed by atoms with Gasteiger partial charge in [0.15, 0.2) is 0 Å². The van der Waals surface area contributed by atoms with Crippen molar-refractivity contribution in [3.8, 4) is 0 Å². The van der Waals surface area contributed by atoms with Gasteiger partial charge in [0.2, 0.25) is 0 Å². The lowest BCUT2D eigenvalue weighted by Gasteiger charge is -2.28. The van der Waals surface area contributed by atoms with Gasteiger partial charge in [-0.25, -0.2) is 19.5 Å². The molecule has 1 heterocycles. The molecule has 0 aliphatic heterocycles. The van der Waals surface area contributed by atoms with Crippen LogP contribution in [0.2, 0.25) is 0 Å². The summed E-state index contributed by atoms with van der Waals surface area (Å²) in [5.74, 6) is 0.537. The summed E-state index contributed by atoms with van der Waals surface area (Å²) in [6.07, 6.45) is 0.185. The van der Waals surface area contributed by atoms with Gasteiger partial charge >= 0.3 is 12.2 Å². The number of carbonyl (C=O) groups is 2. The van der Waals surface area contributed by atoms with Crippen LogP contribution in [0, 0.1) is 0 Å². The Balaban J connectivity index is 1.82. The highest BCUT2D eigenvalue weighted by Gasteiger charge is 2.32. The van der Waals surface area contributed by atoms with Crippen LogP contribution in [0.3, 0.4) is 0 Å². The maximum Gasteiger partial charge on any atom is 0.420 e. The number of ether oxygens (including phenoxy) is 2. The van der Waals surface area contributed by atoms with Crippen LogP contribution < -0.4 is 0 Å². The molecule has 0 fully saturated rings. The Morgan fingerprint density at radius 1 is 0.939 bits per heavy atom. The third-order valence-corrected chi connectivity index (χ3v) is 5.59. The molecule has 0 saturated carbocycles. The van der Waals surface area contributed by atoms with E-state index in [-0.39, 0.29) is 6.54 Å². The molecule has 3 rings (SSSR count). The maximum atomic E-state index is 12.8. The average Bonchev–Trinajstić information content (AvgIpc) is 3.02. The second-order valence-electron chi connectivity index (χ2n) is 9.73. The van der Waals surface area contributed by atoms with Gasteiger partial charge in [-0.2, -0.15) is 0 Å². The lowest BCUT2D eigenvalue weighted by atomic mass is 10.1. The minimum atomic E-state index is -0.775. The SMILES string of the molecule is Cn1c(Sc2ccc3ccccc3c2)cnc1CN(C(=O)OC(C)(C)C)C(=O)OC(C)(C)C. The number of carbonyl (C=O) groups excluding carboxylic acids is 2. The van der Waals surface area contributed by atoms with E-state index < -0.39 is 23.4 Å². The largest absolute Gasteiger partial charge is 0.443 e. The second kappa shape index (κ2) is 9.47. The summed E-state index contributed by atoms with van der Waals surface area (Å²) >= 11 is 1.56. The number of hydrogen-bond acceptors (Lipinski definition) is 6. The van der Waals surface area contributed by atoms with Gasteiger partial charge in [-0.05, 0) is 64.4 Å². The van der Waals surface area contributed by atoms with Gasteiger partial charge < -0.3 is 14.0 Å². The number of imide groups is 1. The van der Waals surface area contributed by atoms with E-state index in [9.17, 15) is 9.59 Å². The number of imidazole rings is 1. The lowest BCUT2D eigenvalue weighted by Crippen LogP contribution is -2.43. The van der Waals surface area contributed by atoms with Crippen molar-refractivity contribution in [1.29, 1.82) is 0 Å². The number of nitrogens with zero attached hydrogens (tertiary/aromatic N) is 3. The van der Waals surface area contributed by atoms with Gasteiger partial charge in [0.1, 0.15) is 17.0 Å². The van der Waals surface area contributed by atoms with Crippen LogP contribution >= 0.6 is 11.8 Å². The zero-order valence-electron chi connectivity index (χ0n) is 20.2. The van der Waals surface area contributed by atoms with Gasteiger partial charge in [-0.3, -0.25) is 0 Å². The first-order valence-corrected chi connectivity index (χ1v) is 11.5. The molecule has 2 aromatic carbocycles. The Morgan fingerprint density at radius 3 is 2.09 bits per heavy atom. The molecule has 0 N–H and O–H groups in total. The Hall–Kier alpha value is -3.00. The summed E-state index contributed by atoms with van der Waals surface area (Å²) in [6.45, 7) is 10.4. The van der Waals surface area contributed by atoms with Gasteiger partial charge in [-0.1, -0.05) is 42.1 Å². The zero-order chi connectivity index (χ0) is 24.4. The number of benzene rings is 2. The highest BCUT2D eigenvalue weighted by Crippen LogP contribution is 2.30. The van der Waals surface area contributed by atoms with E-state index in [1.165, 1.54) is 5.39 Å². The lowest BCUT2D eigenvalue weighted by molar-refractivity contribution is -0.000873. The van der Waals surface area contributed by atoms with E-state index in [0.717, 1.165) is 20.2 Å². The van der Waals surface area contributed by atoms with E-state index in [4.69, 9.17) is 9.47 Å². The molecule has 2 amide bonds. The van der Waals surface area contributed by atoms with Crippen LogP contribution in [0.1, 0.15) is 47.4 Å². The van der Waals surface area contributed by atoms with E-state index in [1.54, 1.807) is 59.5 Å². The summed E-state index contributed by atoms with van der Waals surface area (Å²) in [5, 5.41) is 3.22. The van der Waals surface area contributed by atoms with Crippen molar-refractivity contribution in [2.75, 3.05) is 0 Å². The Kier molecular flexibility index (Phi) is 7.07. The quantitative estimate of drug-likeness (QED) is 0.440. The molecule has 176 valence electrons. The average molecular weight is 470 g/mol. The maximum absolute atomic E-state index is 12.8. The minimum Gasteiger partial charge on any atom is -0.443 e. The molecule has 8 heteroatoms. The monoisotopic (exact) mass is 469 g/mol. The van der Waals surface area contributed by atoms with Crippen LogP contribution in [-0.2, 0) is 23.1 Å². The summed E-state index contributed by atoms with van der Waals surface area (Å²) < 4.78 is 12.7. The standard InChI is InChI=1S/C25H31N3O4S/c1-24(2,3)31-22(29)28(23(30)32-25(4,5)6)16-20-26-15-21(27(20)7)33-19-13-12-17-10-8-9-11-18(17)14-19/h8-15H,16H2,1-7H3. The van der Waals surface area contributed by atoms with Crippen molar-refractivity contribution >= 4 is 34.7 Å². The zero-order valence-corrected chi connectivity index (χ0v) is 21.0.